The predicted octanol–water partition coefficient (Wildman–Crippen LogP) is 3.65. The largest absolute Gasteiger partial charge is 0.376 e. The fraction of sp³-hybridized carbons (Fsp3) is 0.938. The first kappa shape index (κ1) is 22.3. The highest BCUT2D eigenvalue weighted by molar-refractivity contribution is 14.0. The monoisotopic (exact) mass is 443 g/mol. The predicted molar refractivity (Wildman–Crippen MR) is 110 cm³/mol. The summed E-state index contributed by atoms with van der Waals surface area (Å²) in [4.78, 5) is 4.58. The molecule has 0 atom stereocenters. The van der Waals surface area contributed by atoms with Crippen LogP contribution in [0.4, 0.5) is 0 Å². The molecule has 6 heteroatoms. The van der Waals surface area contributed by atoms with Crippen LogP contribution in [-0.2, 0) is 4.74 Å². The molecule has 1 fully saturated rings. The molecule has 1 rings (SSSR count). The molecule has 0 aromatic carbocycles. The Balaban J connectivity index is 0.00000441. The number of hydrogen-bond acceptors (Lipinski definition) is 3. The summed E-state index contributed by atoms with van der Waals surface area (Å²) in [6.07, 6.45) is 11.7. The zero-order chi connectivity index (χ0) is 15.2. The topological polar surface area (TPSA) is 45.7 Å². The molecule has 0 aromatic rings. The third kappa shape index (κ3) is 11.8. The van der Waals surface area contributed by atoms with Gasteiger partial charge in [0.2, 0.25) is 0 Å². The number of aliphatic imine (C=N–C) groups is 1. The Morgan fingerprint density at radius 3 is 2.55 bits per heavy atom. The molecule has 2 N–H and O–H groups in total. The molecule has 0 aliphatic heterocycles. The molecule has 0 heterocycles. The fourth-order valence-corrected chi connectivity index (χ4v) is 2.96. The Morgan fingerprint density at radius 1 is 1.18 bits per heavy atom. The van der Waals surface area contributed by atoms with E-state index in [-0.39, 0.29) is 24.0 Å². The van der Waals surface area contributed by atoms with Crippen LogP contribution in [0.15, 0.2) is 4.99 Å². The summed E-state index contributed by atoms with van der Waals surface area (Å²) in [5.74, 6) is 2.09. The normalized spacial score (nSPS) is 16.7. The lowest BCUT2D eigenvalue weighted by molar-refractivity contribution is 0.0468. The molecule has 0 saturated heterocycles. The van der Waals surface area contributed by atoms with Gasteiger partial charge in [-0.2, -0.15) is 11.8 Å². The standard InChI is InChI=1S/C16H33N3OS.HI/c1-3-17-16(18-11-8-14-21-2)19-12-13-20-15-9-6-4-5-7-10-15;/h15H,3-14H2,1-2H3,(H2,17,18,19);1H. The van der Waals surface area contributed by atoms with Crippen molar-refractivity contribution >= 4 is 41.7 Å². The molecular formula is C16H34IN3OS. The molecule has 1 aliphatic rings. The summed E-state index contributed by atoms with van der Waals surface area (Å²) in [5, 5.41) is 6.64. The van der Waals surface area contributed by atoms with Gasteiger partial charge in [-0.1, -0.05) is 25.7 Å². The van der Waals surface area contributed by atoms with Crippen molar-refractivity contribution in [2.24, 2.45) is 4.99 Å². The van der Waals surface area contributed by atoms with Gasteiger partial charge in [-0.15, -0.1) is 24.0 Å². The van der Waals surface area contributed by atoms with E-state index in [9.17, 15) is 0 Å². The highest BCUT2D eigenvalue weighted by Gasteiger charge is 2.11. The summed E-state index contributed by atoms with van der Waals surface area (Å²) in [6, 6.07) is 0. The highest BCUT2D eigenvalue weighted by atomic mass is 127. The lowest BCUT2D eigenvalue weighted by atomic mass is 10.1. The van der Waals surface area contributed by atoms with Crippen LogP contribution in [0.1, 0.15) is 51.9 Å². The average molecular weight is 443 g/mol. The van der Waals surface area contributed by atoms with Crippen LogP contribution >= 0.6 is 35.7 Å². The molecule has 0 spiro atoms. The van der Waals surface area contributed by atoms with E-state index in [1.54, 1.807) is 0 Å². The second kappa shape index (κ2) is 16.2. The van der Waals surface area contributed by atoms with Crippen molar-refractivity contribution in [1.29, 1.82) is 0 Å². The first-order valence-corrected chi connectivity index (χ1v) is 9.89. The van der Waals surface area contributed by atoms with Crippen LogP contribution in [0.5, 0.6) is 0 Å². The number of halogens is 1. The van der Waals surface area contributed by atoms with Crippen LogP contribution < -0.4 is 10.6 Å². The molecule has 0 aromatic heterocycles. The van der Waals surface area contributed by atoms with Gasteiger partial charge < -0.3 is 15.4 Å². The van der Waals surface area contributed by atoms with Crippen LogP contribution in [0.25, 0.3) is 0 Å². The smallest absolute Gasteiger partial charge is 0.191 e. The first-order valence-electron chi connectivity index (χ1n) is 8.49. The minimum Gasteiger partial charge on any atom is -0.376 e. The number of nitrogens with zero attached hydrogens (tertiary/aromatic N) is 1. The van der Waals surface area contributed by atoms with Crippen molar-refractivity contribution in [2.45, 2.75) is 58.0 Å². The molecule has 1 aliphatic carbocycles. The maximum atomic E-state index is 5.99. The number of nitrogens with one attached hydrogen (secondary N) is 2. The number of guanidine groups is 1. The maximum Gasteiger partial charge on any atom is 0.191 e. The molecule has 22 heavy (non-hydrogen) atoms. The van der Waals surface area contributed by atoms with Gasteiger partial charge >= 0.3 is 0 Å². The number of hydrogen-bond donors (Lipinski definition) is 2. The number of thioether (sulfide) groups is 1. The minimum atomic E-state index is 0. The minimum absolute atomic E-state index is 0. The van der Waals surface area contributed by atoms with Gasteiger partial charge in [0.1, 0.15) is 0 Å². The Bertz CT molecular complexity index is 272. The van der Waals surface area contributed by atoms with Crippen LogP contribution in [-0.4, -0.2) is 50.3 Å². The van der Waals surface area contributed by atoms with Gasteiger partial charge in [-0.3, -0.25) is 4.99 Å². The Morgan fingerprint density at radius 2 is 1.91 bits per heavy atom. The zero-order valence-corrected chi connectivity index (χ0v) is 17.4. The molecule has 0 radical (unpaired) electrons. The third-order valence-corrected chi connectivity index (χ3v) is 4.37. The summed E-state index contributed by atoms with van der Waals surface area (Å²) in [7, 11) is 0. The number of rotatable bonds is 9. The molecule has 0 bridgehead atoms. The van der Waals surface area contributed by atoms with E-state index in [0.717, 1.165) is 38.6 Å². The quantitative estimate of drug-likeness (QED) is 0.188. The molecule has 4 nitrogen and oxygen atoms in total. The van der Waals surface area contributed by atoms with Crippen LogP contribution in [0.2, 0.25) is 0 Å². The number of ether oxygens (including phenoxy) is 1. The van der Waals surface area contributed by atoms with E-state index in [4.69, 9.17) is 4.74 Å². The van der Waals surface area contributed by atoms with Gasteiger partial charge in [-0.05, 0) is 38.2 Å². The lowest BCUT2D eigenvalue weighted by Crippen LogP contribution is -2.39. The van der Waals surface area contributed by atoms with E-state index < -0.39 is 0 Å². The molecule has 0 amide bonds. The average Bonchev–Trinajstić information content (AvgIpc) is 2.76. The molecule has 0 unspecified atom stereocenters. The summed E-state index contributed by atoms with van der Waals surface area (Å²) in [6.45, 7) is 5.50. The first-order chi connectivity index (χ1) is 10.4. The van der Waals surface area contributed by atoms with Crippen LogP contribution in [0.3, 0.4) is 0 Å². The van der Waals surface area contributed by atoms with Crippen molar-refractivity contribution in [3.8, 4) is 0 Å². The summed E-state index contributed by atoms with van der Waals surface area (Å²) < 4.78 is 5.99. The third-order valence-electron chi connectivity index (χ3n) is 3.67. The highest BCUT2D eigenvalue weighted by Crippen LogP contribution is 2.19. The Kier molecular flexibility index (Phi) is 16.4. The van der Waals surface area contributed by atoms with Crippen LogP contribution in [0, 0.1) is 0 Å². The van der Waals surface area contributed by atoms with E-state index in [2.05, 4.69) is 28.8 Å². The molecule has 132 valence electrons. The van der Waals surface area contributed by atoms with Crippen molar-refractivity contribution < 1.29 is 4.74 Å². The molecule has 1 saturated carbocycles. The summed E-state index contributed by atoms with van der Waals surface area (Å²) >= 11 is 1.88. The SMILES string of the molecule is CCNC(=NCCCSC)NCCOC1CCCCCC1.I. The van der Waals surface area contributed by atoms with Gasteiger partial charge in [0, 0.05) is 19.6 Å². The second-order valence-corrected chi connectivity index (χ2v) is 6.50. The lowest BCUT2D eigenvalue weighted by Gasteiger charge is -2.16. The Hall–Kier alpha value is 0.310. The van der Waals surface area contributed by atoms with E-state index >= 15 is 0 Å². The maximum absolute atomic E-state index is 5.99. The van der Waals surface area contributed by atoms with Gasteiger partial charge in [0.25, 0.3) is 0 Å². The van der Waals surface area contributed by atoms with Gasteiger partial charge in [0.05, 0.1) is 12.7 Å². The second-order valence-electron chi connectivity index (χ2n) is 5.52. The van der Waals surface area contributed by atoms with Crippen molar-refractivity contribution in [2.75, 3.05) is 38.2 Å². The van der Waals surface area contributed by atoms with Crippen molar-refractivity contribution in [3.05, 3.63) is 0 Å². The summed E-state index contributed by atoms with van der Waals surface area (Å²) in [5.41, 5.74) is 0. The molecular weight excluding hydrogens is 409 g/mol. The van der Waals surface area contributed by atoms with Crippen molar-refractivity contribution in [1.82, 2.24) is 10.6 Å². The fourth-order valence-electron chi connectivity index (χ4n) is 2.55. The van der Waals surface area contributed by atoms with Crippen molar-refractivity contribution in [3.63, 3.8) is 0 Å². The van der Waals surface area contributed by atoms with E-state index in [0.29, 0.717) is 6.10 Å². The zero-order valence-electron chi connectivity index (χ0n) is 14.2. The van der Waals surface area contributed by atoms with E-state index in [1.807, 2.05) is 11.8 Å². The Labute approximate surface area is 158 Å². The van der Waals surface area contributed by atoms with Gasteiger partial charge in [-0.25, -0.2) is 0 Å². The van der Waals surface area contributed by atoms with E-state index in [1.165, 1.54) is 44.3 Å². The van der Waals surface area contributed by atoms with Gasteiger partial charge in [0.15, 0.2) is 5.96 Å².